The third kappa shape index (κ3) is 1.48. The first-order valence-electron chi connectivity index (χ1n) is 6.13. The predicted octanol–water partition coefficient (Wildman–Crippen LogP) is 4.26. The molecule has 0 saturated heterocycles. The minimum absolute atomic E-state index is 0.135. The maximum atomic E-state index is 9.81. The Morgan fingerprint density at radius 2 is 1.45 bits per heavy atom. The zero-order valence-corrected chi connectivity index (χ0v) is 10.3. The number of rotatable bonds is 1. The van der Waals surface area contributed by atoms with Crippen LogP contribution in [0.15, 0.2) is 57.8 Å². The van der Waals surface area contributed by atoms with Crippen molar-refractivity contribution in [3.05, 3.63) is 48.9 Å². The first-order valence-corrected chi connectivity index (χ1v) is 6.13. The van der Waals surface area contributed by atoms with Crippen molar-refractivity contribution in [3.63, 3.8) is 0 Å². The molecule has 4 aromatic rings. The molecule has 0 fully saturated rings. The van der Waals surface area contributed by atoms with Crippen molar-refractivity contribution in [2.45, 2.75) is 0 Å². The molecule has 0 saturated carbocycles. The van der Waals surface area contributed by atoms with Gasteiger partial charge in [-0.15, -0.1) is 0 Å². The Morgan fingerprint density at radius 3 is 2.35 bits per heavy atom. The van der Waals surface area contributed by atoms with Gasteiger partial charge in [0.05, 0.1) is 12.5 Å². The molecule has 0 aliphatic heterocycles. The Morgan fingerprint density at radius 1 is 0.700 bits per heavy atom. The van der Waals surface area contributed by atoms with Gasteiger partial charge in [0.15, 0.2) is 0 Å². The SMILES string of the molecule is Oc1ccc2c(-c3cc(O)cc4occc34)coc2c1. The summed E-state index contributed by atoms with van der Waals surface area (Å²) in [6.07, 6.45) is 3.20. The molecule has 0 aliphatic rings. The zero-order chi connectivity index (χ0) is 13.7. The lowest BCUT2D eigenvalue weighted by atomic mass is 10.0. The van der Waals surface area contributed by atoms with Gasteiger partial charge in [-0.05, 0) is 24.3 Å². The summed E-state index contributed by atoms with van der Waals surface area (Å²) in [6, 6.07) is 10.1. The highest BCUT2D eigenvalue weighted by molar-refractivity contribution is 6.03. The van der Waals surface area contributed by atoms with Crippen LogP contribution in [0.3, 0.4) is 0 Å². The van der Waals surface area contributed by atoms with Gasteiger partial charge in [-0.3, -0.25) is 0 Å². The van der Waals surface area contributed by atoms with E-state index in [-0.39, 0.29) is 11.5 Å². The number of benzene rings is 2. The largest absolute Gasteiger partial charge is 0.508 e. The fourth-order valence-corrected chi connectivity index (χ4v) is 2.51. The second kappa shape index (κ2) is 3.81. The van der Waals surface area contributed by atoms with Crippen LogP contribution >= 0.6 is 0 Å². The van der Waals surface area contributed by atoms with Gasteiger partial charge in [-0.25, -0.2) is 0 Å². The second-order valence-electron chi connectivity index (χ2n) is 4.66. The van der Waals surface area contributed by atoms with Gasteiger partial charge in [-0.1, -0.05) is 0 Å². The number of fused-ring (bicyclic) bond motifs is 2. The standard InChI is InChI=1S/C16H10O4/c17-9-1-2-11-14(8-20-16(11)6-9)13-5-10(18)7-15-12(13)3-4-19-15/h1-8,17-18H. The summed E-state index contributed by atoms with van der Waals surface area (Å²) in [7, 11) is 0. The van der Waals surface area contributed by atoms with E-state index in [4.69, 9.17) is 8.83 Å². The van der Waals surface area contributed by atoms with Crippen molar-refractivity contribution in [2.75, 3.05) is 0 Å². The molecule has 98 valence electrons. The third-order valence-electron chi connectivity index (χ3n) is 3.41. The van der Waals surface area contributed by atoms with Crippen molar-refractivity contribution in [3.8, 4) is 22.6 Å². The normalized spacial score (nSPS) is 11.4. The minimum atomic E-state index is 0.135. The maximum Gasteiger partial charge on any atom is 0.138 e. The minimum Gasteiger partial charge on any atom is -0.508 e. The molecule has 0 aliphatic carbocycles. The van der Waals surface area contributed by atoms with Gasteiger partial charge in [0.25, 0.3) is 0 Å². The molecule has 0 spiro atoms. The average molecular weight is 266 g/mol. The molecular formula is C16H10O4. The zero-order valence-electron chi connectivity index (χ0n) is 10.3. The van der Waals surface area contributed by atoms with E-state index in [0.717, 1.165) is 21.9 Å². The van der Waals surface area contributed by atoms with Crippen molar-refractivity contribution in [1.82, 2.24) is 0 Å². The summed E-state index contributed by atoms with van der Waals surface area (Å²) in [5, 5.41) is 21.1. The molecule has 0 atom stereocenters. The van der Waals surface area contributed by atoms with Gasteiger partial charge in [-0.2, -0.15) is 0 Å². The summed E-state index contributed by atoms with van der Waals surface area (Å²) in [4.78, 5) is 0. The van der Waals surface area contributed by atoms with Gasteiger partial charge in [0, 0.05) is 34.0 Å². The number of hydrogen-bond acceptors (Lipinski definition) is 4. The van der Waals surface area contributed by atoms with Crippen LogP contribution in [0.2, 0.25) is 0 Å². The van der Waals surface area contributed by atoms with Gasteiger partial charge in [0.2, 0.25) is 0 Å². The molecule has 0 radical (unpaired) electrons. The van der Waals surface area contributed by atoms with E-state index in [0.29, 0.717) is 11.2 Å². The quantitative estimate of drug-likeness (QED) is 0.540. The first kappa shape index (κ1) is 11.0. The van der Waals surface area contributed by atoms with Crippen LogP contribution in [0.4, 0.5) is 0 Å². The van der Waals surface area contributed by atoms with Crippen LogP contribution in [0.1, 0.15) is 0 Å². The lowest BCUT2D eigenvalue weighted by Crippen LogP contribution is -1.78. The number of hydrogen-bond donors (Lipinski definition) is 2. The maximum absolute atomic E-state index is 9.81. The summed E-state index contributed by atoms with van der Waals surface area (Å²) in [6.45, 7) is 0. The lowest BCUT2D eigenvalue weighted by Gasteiger charge is -2.02. The highest BCUT2D eigenvalue weighted by atomic mass is 16.3. The molecule has 2 N–H and O–H groups in total. The first-order chi connectivity index (χ1) is 9.72. The average Bonchev–Trinajstić information content (AvgIpc) is 3.03. The fraction of sp³-hybridized carbons (Fsp3) is 0. The van der Waals surface area contributed by atoms with E-state index >= 15 is 0 Å². The monoisotopic (exact) mass is 266 g/mol. The van der Waals surface area contributed by atoms with E-state index < -0.39 is 0 Å². The van der Waals surface area contributed by atoms with Crippen molar-refractivity contribution >= 4 is 21.9 Å². The van der Waals surface area contributed by atoms with E-state index in [2.05, 4.69) is 0 Å². The van der Waals surface area contributed by atoms with Crippen molar-refractivity contribution in [2.24, 2.45) is 0 Å². The number of furan rings is 2. The summed E-state index contributed by atoms with van der Waals surface area (Å²) >= 11 is 0. The fourth-order valence-electron chi connectivity index (χ4n) is 2.51. The van der Waals surface area contributed by atoms with Gasteiger partial charge >= 0.3 is 0 Å². The smallest absolute Gasteiger partial charge is 0.138 e. The highest BCUT2D eigenvalue weighted by Gasteiger charge is 2.14. The molecule has 4 heteroatoms. The third-order valence-corrected chi connectivity index (χ3v) is 3.41. The Labute approximate surface area is 113 Å². The Balaban J connectivity index is 2.08. The number of phenols is 2. The van der Waals surface area contributed by atoms with Gasteiger partial charge < -0.3 is 19.0 Å². The van der Waals surface area contributed by atoms with Crippen LogP contribution in [0.25, 0.3) is 33.1 Å². The topological polar surface area (TPSA) is 66.7 Å². The van der Waals surface area contributed by atoms with Crippen molar-refractivity contribution in [1.29, 1.82) is 0 Å². The lowest BCUT2D eigenvalue weighted by molar-refractivity contribution is 0.474. The van der Waals surface area contributed by atoms with E-state index in [9.17, 15) is 10.2 Å². The molecule has 2 aromatic heterocycles. The molecular weight excluding hydrogens is 256 g/mol. The van der Waals surface area contributed by atoms with Crippen LogP contribution in [0, 0.1) is 0 Å². The summed E-state index contributed by atoms with van der Waals surface area (Å²) in [5.41, 5.74) is 2.90. The molecule has 2 aromatic carbocycles. The Kier molecular flexibility index (Phi) is 2.09. The second-order valence-corrected chi connectivity index (χ2v) is 4.66. The van der Waals surface area contributed by atoms with Crippen LogP contribution in [-0.4, -0.2) is 10.2 Å². The Hall–Kier alpha value is -2.88. The molecule has 4 rings (SSSR count). The molecule has 20 heavy (non-hydrogen) atoms. The summed E-state index contributed by atoms with van der Waals surface area (Å²) in [5.74, 6) is 0.290. The molecule has 2 heterocycles. The predicted molar refractivity (Wildman–Crippen MR) is 74.8 cm³/mol. The van der Waals surface area contributed by atoms with Gasteiger partial charge in [0.1, 0.15) is 22.7 Å². The molecule has 0 unspecified atom stereocenters. The number of aromatic hydroxyl groups is 2. The van der Waals surface area contributed by atoms with Crippen LogP contribution in [-0.2, 0) is 0 Å². The van der Waals surface area contributed by atoms with E-state index in [1.165, 1.54) is 0 Å². The Bertz CT molecular complexity index is 930. The molecule has 0 bridgehead atoms. The summed E-state index contributed by atoms with van der Waals surface area (Å²) < 4.78 is 10.8. The van der Waals surface area contributed by atoms with Crippen LogP contribution in [0.5, 0.6) is 11.5 Å². The number of phenolic OH excluding ortho intramolecular Hbond substituents is 2. The van der Waals surface area contributed by atoms with E-state index in [1.807, 2.05) is 6.07 Å². The molecule has 0 amide bonds. The van der Waals surface area contributed by atoms with Crippen LogP contribution < -0.4 is 0 Å². The highest BCUT2D eigenvalue weighted by Crippen LogP contribution is 2.38. The molecule has 4 nitrogen and oxygen atoms in total. The van der Waals surface area contributed by atoms with Crippen molar-refractivity contribution < 1.29 is 19.0 Å². The van der Waals surface area contributed by atoms with E-state index in [1.54, 1.807) is 42.9 Å².